The molecule has 0 spiro atoms. The Labute approximate surface area is 95.8 Å². The molecule has 0 aliphatic carbocycles. The number of pyridine rings is 1. The van der Waals surface area contributed by atoms with Gasteiger partial charge >= 0.3 is 0 Å². The highest BCUT2D eigenvalue weighted by Crippen LogP contribution is 2.28. The third kappa shape index (κ3) is 2.02. The molecule has 0 radical (unpaired) electrons. The number of nitrogens with zero attached hydrogens (tertiary/aromatic N) is 2. The Morgan fingerprint density at radius 1 is 1.64 bits per heavy atom. The molecule has 2 rings (SSSR count). The second kappa shape index (κ2) is 4.04. The molecule has 5 heteroatoms. The number of aromatic nitrogens is 1. The van der Waals surface area contributed by atoms with Crippen molar-refractivity contribution >= 4 is 33.3 Å². The van der Waals surface area contributed by atoms with E-state index in [0.29, 0.717) is 11.6 Å². The van der Waals surface area contributed by atoms with Crippen LogP contribution in [-0.2, 0) is 0 Å². The maximum Gasteiger partial charge on any atom is 0.147 e. The Kier molecular flexibility index (Phi) is 2.95. The van der Waals surface area contributed by atoms with Gasteiger partial charge in [0.2, 0.25) is 0 Å². The lowest BCUT2D eigenvalue weighted by Crippen LogP contribution is -2.22. The van der Waals surface area contributed by atoms with Crippen molar-refractivity contribution < 1.29 is 5.11 Å². The number of aliphatic hydroxyl groups excluding tert-OH is 1. The highest BCUT2D eigenvalue weighted by molar-refractivity contribution is 9.10. The van der Waals surface area contributed by atoms with Gasteiger partial charge in [0, 0.05) is 23.8 Å². The van der Waals surface area contributed by atoms with E-state index in [1.165, 1.54) is 0 Å². The first-order chi connectivity index (χ1) is 6.66. The highest BCUT2D eigenvalue weighted by Gasteiger charge is 2.22. The zero-order valence-electron chi connectivity index (χ0n) is 7.45. The molecule has 1 fully saturated rings. The van der Waals surface area contributed by atoms with Crippen LogP contribution < -0.4 is 4.90 Å². The van der Waals surface area contributed by atoms with Gasteiger partial charge in [-0.15, -0.1) is 0 Å². The normalized spacial score (nSPS) is 21.6. The largest absolute Gasteiger partial charge is 0.391 e. The number of hydrogen-bond acceptors (Lipinski definition) is 3. The lowest BCUT2D eigenvalue weighted by Gasteiger charge is -2.17. The molecule has 0 saturated carbocycles. The first kappa shape index (κ1) is 10.2. The Morgan fingerprint density at radius 3 is 3.00 bits per heavy atom. The standard InChI is InChI=1S/C9H10BrClN2O/c10-6-3-8(11)9(12-4-6)13-2-1-7(14)5-13/h3-4,7,14H,1-2,5H2/t7-/m1/s1. The number of rotatable bonds is 1. The molecule has 0 unspecified atom stereocenters. The van der Waals surface area contributed by atoms with Crippen LogP contribution in [0.3, 0.4) is 0 Å². The molecule has 1 aliphatic heterocycles. The molecule has 1 atom stereocenters. The van der Waals surface area contributed by atoms with Crippen LogP contribution in [0.2, 0.25) is 5.02 Å². The molecule has 1 aromatic heterocycles. The fourth-order valence-corrected chi connectivity index (χ4v) is 2.32. The Bertz CT molecular complexity index is 348. The average Bonchev–Trinajstić information content (AvgIpc) is 2.51. The smallest absolute Gasteiger partial charge is 0.147 e. The Morgan fingerprint density at radius 2 is 2.43 bits per heavy atom. The van der Waals surface area contributed by atoms with Crippen LogP contribution in [0.5, 0.6) is 0 Å². The van der Waals surface area contributed by atoms with E-state index in [1.54, 1.807) is 6.20 Å². The zero-order valence-corrected chi connectivity index (χ0v) is 9.79. The van der Waals surface area contributed by atoms with E-state index < -0.39 is 0 Å². The van der Waals surface area contributed by atoms with Crippen molar-refractivity contribution in [3.63, 3.8) is 0 Å². The number of β-amino-alcohol motifs (C(OH)–C–C–N with tert-alkyl or cyclic N) is 1. The van der Waals surface area contributed by atoms with Crippen molar-refractivity contribution in [2.24, 2.45) is 0 Å². The minimum atomic E-state index is -0.253. The molecule has 0 bridgehead atoms. The third-order valence-corrected chi connectivity index (χ3v) is 2.96. The van der Waals surface area contributed by atoms with E-state index >= 15 is 0 Å². The minimum Gasteiger partial charge on any atom is -0.391 e. The van der Waals surface area contributed by atoms with Crippen LogP contribution in [0.15, 0.2) is 16.7 Å². The molecule has 2 heterocycles. The highest BCUT2D eigenvalue weighted by atomic mass is 79.9. The lowest BCUT2D eigenvalue weighted by atomic mass is 10.3. The van der Waals surface area contributed by atoms with E-state index in [-0.39, 0.29) is 6.10 Å². The Hall–Kier alpha value is -0.320. The van der Waals surface area contributed by atoms with Crippen molar-refractivity contribution in [3.8, 4) is 0 Å². The quantitative estimate of drug-likeness (QED) is 0.854. The number of halogens is 2. The monoisotopic (exact) mass is 276 g/mol. The molecule has 0 aromatic carbocycles. The topological polar surface area (TPSA) is 36.4 Å². The molecule has 1 N–H and O–H groups in total. The van der Waals surface area contributed by atoms with Crippen LogP contribution in [-0.4, -0.2) is 29.3 Å². The molecule has 76 valence electrons. The fraction of sp³-hybridized carbons (Fsp3) is 0.444. The molecular weight excluding hydrogens is 267 g/mol. The SMILES string of the molecule is O[C@@H]1CCN(c2ncc(Br)cc2Cl)C1. The zero-order chi connectivity index (χ0) is 10.1. The molecule has 0 amide bonds. The summed E-state index contributed by atoms with van der Waals surface area (Å²) < 4.78 is 0.867. The Balaban J connectivity index is 2.24. The summed E-state index contributed by atoms with van der Waals surface area (Å²) in [5, 5.41) is 10.0. The van der Waals surface area contributed by atoms with E-state index in [4.69, 9.17) is 11.6 Å². The van der Waals surface area contributed by atoms with E-state index in [9.17, 15) is 5.11 Å². The van der Waals surface area contributed by atoms with Crippen molar-refractivity contribution in [1.29, 1.82) is 0 Å². The van der Waals surface area contributed by atoms with Gasteiger partial charge in [-0.1, -0.05) is 11.6 Å². The van der Waals surface area contributed by atoms with Crippen molar-refractivity contribution in [3.05, 3.63) is 21.8 Å². The second-order valence-electron chi connectivity index (χ2n) is 3.35. The number of anilines is 1. The predicted octanol–water partition coefficient (Wildman–Crippen LogP) is 2.07. The van der Waals surface area contributed by atoms with Gasteiger partial charge in [-0.3, -0.25) is 0 Å². The van der Waals surface area contributed by atoms with E-state index in [2.05, 4.69) is 20.9 Å². The van der Waals surface area contributed by atoms with Crippen LogP contribution >= 0.6 is 27.5 Å². The van der Waals surface area contributed by atoms with Crippen molar-refractivity contribution in [2.45, 2.75) is 12.5 Å². The number of aliphatic hydroxyl groups is 1. The predicted molar refractivity (Wildman–Crippen MR) is 59.8 cm³/mol. The summed E-state index contributed by atoms with van der Waals surface area (Å²) in [7, 11) is 0. The first-order valence-electron chi connectivity index (χ1n) is 4.41. The van der Waals surface area contributed by atoms with E-state index in [0.717, 1.165) is 23.3 Å². The summed E-state index contributed by atoms with van der Waals surface area (Å²) in [5.41, 5.74) is 0. The van der Waals surface area contributed by atoms with Crippen LogP contribution in [0.4, 0.5) is 5.82 Å². The van der Waals surface area contributed by atoms with Gasteiger partial charge in [0.05, 0.1) is 11.1 Å². The van der Waals surface area contributed by atoms with Crippen molar-refractivity contribution in [1.82, 2.24) is 4.98 Å². The maximum atomic E-state index is 9.38. The van der Waals surface area contributed by atoms with Gasteiger partial charge in [0.1, 0.15) is 5.82 Å². The molecule has 1 aliphatic rings. The molecule has 14 heavy (non-hydrogen) atoms. The second-order valence-corrected chi connectivity index (χ2v) is 4.67. The summed E-state index contributed by atoms with van der Waals surface area (Å²) in [6.45, 7) is 1.43. The van der Waals surface area contributed by atoms with Gasteiger partial charge in [-0.25, -0.2) is 4.98 Å². The average molecular weight is 278 g/mol. The molecule has 3 nitrogen and oxygen atoms in total. The van der Waals surface area contributed by atoms with Crippen LogP contribution in [0.1, 0.15) is 6.42 Å². The van der Waals surface area contributed by atoms with Gasteiger partial charge in [-0.05, 0) is 28.4 Å². The van der Waals surface area contributed by atoms with Gasteiger partial charge < -0.3 is 10.0 Å². The maximum absolute atomic E-state index is 9.38. The molecule has 1 aromatic rings. The molecule has 1 saturated heterocycles. The summed E-state index contributed by atoms with van der Waals surface area (Å²) in [6, 6.07) is 1.81. The van der Waals surface area contributed by atoms with Gasteiger partial charge in [0.25, 0.3) is 0 Å². The fourth-order valence-electron chi connectivity index (χ4n) is 1.57. The first-order valence-corrected chi connectivity index (χ1v) is 5.58. The summed E-state index contributed by atoms with van der Waals surface area (Å²) in [6.07, 6.45) is 2.25. The minimum absolute atomic E-state index is 0.253. The lowest BCUT2D eigenvalue weighted by molar-refractivity contribution is 0.198. The van der Waals surface area contributed by atoms with Gasteiger partial charge in [-0.2, -0.15) is 0 Å². The number of hydrogen-bond donors (Lipinski definition) is 1. The summed E-state index contributed by atoms with van der Waals surface area (Å²) >= 11 is 9.34. The summed E-state index contributed by atoms with van der Waals surface area (Å²) in [4.78, 5) is 6.23. The third-order valence-electron chi connectivity index (χ3n) is 2.25. The summed E-state index contributed by atoms with van der Waals surface area (Å²) in [5.74, 6) is 0.756. The van der Waals surface area contributed by atoms with Crippen LogP contribution in [0.25, 0.3) is 0 Å². The molecular formula is C9H10BrClN2O. The van der Waals surface area contributed by atoms with Gasteiger partial charge in [0.15, 0.2) is 0 Å². The van der Waals surface area contributed by atoms with Crippen molar-refractivity contribution in [2.75, 3.05) is 18.0 Å². The van der Waals surface area contributed by atoms with E-state index in [1.807, 2.05) is 11.0 Å². The van der Waals surface area contributed by atoms with Crippen LogP contribution in [0, 0.1) is 0 Å².